The number of ether oxygens (including phenoxy) is 4. The summed E-state index contributed by atoms with van der Waals surface area (Å²) in [5.74, 6) is -0.261. The first-order valence-corrected chi connectivity index (χ1v) is 15.4. The molecule has 3 aromatic rings. The van der Waals surface area contributed by atoms with Crippen LogP contribution in [0.25, 0.3) is 11.1 Å². The van der Waals surface area contributed by atoms with Gasteiger partial charge in [-0.3, -0.25) is 4.79 Å². The topological polar surface area (TPSA) is 74.2 Å². The predicted molar refractivity (Wildman–Crippen MR) is 163 cm³/mol. The summed E-state index contributed by atoms with van der Waals surface area (Å²) in [5, 5.41) is 12.1. The molecule has 2 fully saturated rings. The van der Waals surface area contributed by atoms with Crippen LogP contribution in [-0.4, -0.2) is 31.4 Å². The van der Waals surface area contributed by atoms with E-state index in [-0.39, 0.29) is 18.5 Å². The lowest BCUT2D eigenvalue weighted by molar-refractivity contribution is -0.297. The molecular formula is C36H43FO6. The number of methoxy groups -OCH3 is 1. The van der Waals surface area contributed by atoms with Crippen LogP contribution in [0, 0.1) is 17.2 Å². The Kier molecular flexibility index (Phi) is 9.42. The third kappa shape index (κ3) is 7.05. The smallest absolute Gasteiger partial charge is 0.306 e. The zero-order valence-electron chi connectivity index (χ0n) is 25.7. The summed E-state index contributed by atoms with van der Waals surface area (Å²) in [7, 11) is 1.54. The molecule has 1 aliphatic heterocycles. The molecule has 2 atom stereocenters. The van der Waals surface area contributed by atoms with Crippen molar-refractivity contribution in [3.63, 3.8) is 0 Å². The Morgan fingerprint density at radius 3 is 2.60 bits per heavy atom. The highest BCUT2D eigenvalue weighted by molar-refractivity contribution is 5.71. The molecule has 3 aromatic carbocycles. The van der Waals surface area contributed by atoms with Gasteiger partial charge in [0.2, 0.25) is 0 Å². The van der Waals surface area contributed by atoms with Crippen LogP contribution in [0.15, 0.2) is 60.7 Å². The molecular weight excluding hydrogens is 547 g/mol. The average molecular weight is 591 g/mol. The third-order valence-electron chi connectivity index (χ3n) is 8.86. The second kappa shape index (κ2) is 13.1. The minimum Gasteiger partial charge on any atom is -0.497 e. The molecule has 7 heteroatoms. The molecule has 43 heavy (non-hydrogen) atoms. The lowest BCUT2D eigenvalue weighted by atomic mass is 9.72. The number of carbonyl (C=O) groups excluding carboxylic acids is 1. The van der Waals surface area contributed by atoms with E-state index < -0.39 is 17.0 Å². The van der Waals surface area contributed by atoms with Crippen LogP contribution < -0.4 is 9.47 Å². The first-order chi connectivity index (χ1) is 20.6. The zero-order chi connectivity index (χ0) is 30.6. The maximum absolute atomic E-state index is 15.2. The van der Waals surface area contributed by atoms with Crippen molar-refractivity contribution in [1.29, 1.82) is 0 Å². The van der Waals surface area contributed by atoms with Crippen molar-refractivity contribution >= 4 is 5.97 Å². The maximum atomic E-state index is 15.2. The van der Waals surface area contributed by atoms with Crippen molar-refractivity contribution in [2.75, 3.05) is 20.3 Å². The van der Waals surface area contributed by atoms with Gasteiger partial charge in [-0.2, -0.15) is 0 Å². The number of benzene rings is 3. The Balaban J connectivity index is 1.44. The van der Waals surface area contributed by atoms with Crippen LogP contribution in [0.5, 0.6) is 11.5 Å². The summed E-state index contributed by atoms with van der Waals surface area (Å²) in [4.78, 5) is 12.3. The average Bonchev–Trinajstić information content (AvgIpc) is 3.82. The van der Waals surface area contributed by atoms with Crippen molar-refractivity contribution in [3.05, 3.63) is 83.2 Å². The fraction of sp³-hybridized carbons (Fsp3) is 0.472. The maximum Gasteiger partial charge on any atom is 0.306 e. The van der Waals surface area contributed by atoms with Gasteiger partial charge in [0.25, 0.3) is 0 Å². The van der Waals surface area contributed by atoms with Crippen LogP contribution in [0.2, 0.25) is 0 Å². The van der Waals surface area contributed by atoms with E-state index >= 15 is 4.39 Å². The molecule has 230 valence electrons. The van der Waals surface area contributed by atoms with E-state index in [9.17, 15) is 9.90 Å². The summed E-state index contributed by atoms with van der Waals surface area (Å²) in [5.41, 5.74) is 2.63. The Morgan fingerprint density at radius 2 is 1.88 bits per heavy atom. The van der Waals surface area contributed by atoms with Crippen molar-refractivity contribution in [3.8, 4) is 22.6 Å². The fourth-order valence-electron chi connectivity index (χ4n) is 6.11. The Morgan fingerprint density at radius 1 is 1.07 bits per heavy atom. The first-order valence-electron chi connectivity index (χ1n) is 15.4. The number of rotatable bonds is 12. The van der Waals surface area contributed by atoms with Gasteiger partial charge >= 0.3 is 5.97 Å². The molecule has 0 radical (unpaired) electrons. The van der Waals surface area contributed by atoms with Crippen LogP contribution in [0.4, 0.5) is 4.39 Å². The Labute approximate surface area is 254 Å². The summed E-state index contributed by atoms with van der Waals surface area (Å²) in [6, 6.07) is 18.1. The van der Waals surface area contributed by atoms with Crippen LogP contribution in [-0.2, 0) is 26.7 Å². The molecule has 1 saturated heterocycles. The van der Waals surface area contributed by atoms with Crippen LogP contribution >= 0.6 is 0 Å². The van der Waals surface area contributed by atoms with Gasteiger partial charge in [0.15, 0.2) is 5.79 Å². The second-order valence-corrected chi connectivity index (χ2v) is 12.5. The molecule has 0 aromatic heterocycles. The molecule has 1 heterocycles. The van der Waals surface area contributed by atoms with E-state index in [0.717, 1.165) is 30.4 Å². The Bertz CT molecular complexity index is 1430. The van der Waals surface area contributed by atoms with Gasteiger partial charge in [-0.05, 0) is 91.1 Å². The molecule has 0 spiro atoms. The molecule has 6 nitrogen and oxygen atoms in total. The third-order valence-corrected chi connectivity index (χ3v) is 8.86. The molecule has 1 unspecified atom stereocenters. The minimum atomic E-state index is -1.63. The first kappa shape index (κ1) is 31.0. The molecule has 1 aliphatic carbocycles. The van der Waals surface area contributed by atoms with E-state index in [1.807, 2.05) is 63.2 Å². The van der Waals surface area contributed by atoms with Crippen molar-refractivity contribution in [2.45, 2.75) is 77.6 Å². The zero-order valence-corrected chi connectivity index (χ0v) is 25.7. The van der Waals surface area contributed by atoms with E-state index in [1.54, 1.807) is 19.2 Å². The standard InChI is InChI=1S/C36H43FO6/c1-5-41-34(38)21-27(18-24-10-11-24)26-8-6-9-29(20-26)42-23-25-12-14-30(31-22-28(40-4)13-15-33(31)37)32(19-25)36(39)35(2,3)16-7-17-43-36/h6,8-9,12-15,19-20,22,24,27,39H,5,7,10-11,16-18,21,23H2,1-4H3/t27-,36?/m0/s1. The predicted octanol–water partition coefficient (Wildman–Crippen LogP) is 7.90. The van der Waals surface area contributed by atoms with Crippen molar-refractivity contribution in [1.82, 2.24) is 0 Å². The lowest BCUT2D eigenvalue weighted by Crippen LogP contribution is -2.48. The number of aliphatic hydroxyl groups is 1. The molecule has 0 bridgehead atoms. The Hall–Kier alpha value is -3.42. The molecule has 1 saturated carbocycles. The van der Waals surface area contributed by atoms with Gasteiger partial charge in [0.1, 0.15) is 23.9 Å². The van der Waals surface area contributed by atoms with Gasteiger partial charge in [-0.1, -0.05) is 51.0 Å². The number of hydrogen-bond acceptors (Lipinski definition) is 6. The van der Waals surface area contributed by atoms with Crippen LogP contribution in [0.1, 0.15) is 81.9 Å². The van der Waals surface area contributed by atoms with Crippen molar-refractivity contribution in [2.24, 2.45) is 11.3 Å². The highest BCUT2D eigenvalue weighted by atomic mass is 19.1. The van der Waals surface area contributed by atoms with Crippen LogP contribution in [0.3, 0.4) is 0 Å². The van der Waals surface area contributed by atoms with Gasteiger partial charge in [-0.15, -0.1) is 0 Å². The lowest BCUT2D eigenvalue weighted by Gasteiger charge is -2.47. The number of esters is 1. The SMILES string of the molecule is CCOC(=O)C[C@H](CC1CC1)c1cccc(OCc2ccc(-c3cc(OC)ccc3F)c(C3(O)OCCCC3(C)C)c2)c1. The fourth-order valence-corrected chi connectivity index (χ4v) is 6.11. The normalized spacial score (nSPS) is 20.3. The molecule has 0 amide bonds. The summed E-state index contributed by atoms with van der Waals surface area (Å²) < 4.78 is 38.2. The second-order valence-electron chi connectivity index (χ2n) is 12.5. The highest BCUT2D eigenvalue weighted by Gasteiger charge is 2.49. The highest BCUT2D eigenvalue weighted by Crippen LogP contribution is 2.50. The van der Waals surface area contributed by atoms with E-state index in [2.05, 4.69) is 0 Å². The number of hydrogen-bond donors (Lipinski definition) is 1. The van der Waals surface area contributed by atoms with Gasteiger partial charge in [-0.25, -0.2) is 4.39 Å². The molecule has 1 N–H and O–H groups in total. The largest absolute Gasteiger partial charge is 0.497 e. The summed E-state index contributed by atoms with van der Waals surface area (Å²) in [6.45, 7) is 6.79. The number of carbonyl (C=O) groups is 1. The molecule has 2 aliphatic rings. The van der Waals surface area contributed by atoms with E-state index in [0.29, 0.717) is 53.7 Å². The quantitative estimate of drug-likeness (QED) is 0.216. The molecule has 5 rings (SSSR count). The van der Waals surface area contributed by atoms with Gasteiger partial charge in [0.05, 0.1) is 26.7 Å². The van der Waals surface area contributed by atoms with E-state index in [4.69, 9.17) is 18.9 Å². The minimum absolute atomic E-state index is 0.0821. The van der Waals surface area contributed by atoms with Gasteiger partial charge < -0.3 is 24.1 Å². The van der Waals surface area contributed by atoms with E-state index in [1.165, 1.54) is 18.9 Å². The summed E-state index contributed by atoms with van der Waals surface area (Å²) in [6.07, 6.45) is 5.32. The van der Waals surface area contributed by atoms with Crippen molar-refractivity contribution < 1.29 is 33.2 Å². The summed E-state index contributed by atoms with van der Waals surface area (Å²) >= 11 is 0. The monoisotopic (exact) mass is 590 g/mol. The number of halogens is 1. The van der Waals surface area contributed by atoms with Gasteiger partial charge in [0, 0.05) is 16.5 Å².